The number of anilines is 2. The number of methoxy groups -OCH3 is 1. The molecule has 35 heavy (non-hydrogen) atoms. The molecule has 0 saturated heterocycles. The maximum Gasteiger partial charge on any atom is 0.340 e. The molecule has 174 valence electrons. The molecule has 2 aliphatic rings. The van der Waals surface area contributed by atoms with Crippen LogP contribution in [-0.4, -0.2) is 43.0 Å². The summed E-state index contributed by atoms with van der Waals surface area (Å²) in [5.74, 6) is -0.767. The van der Waals surface area contributed by atoms with Crippen LogP contribution in [0.2, 0.25) is 0 Å². The molecule has 0 saturated carbocycles. The molecule has 0 aliphatic carbocycles. The zero-order valence-electron chi connectivity index (χ0n) is 19.0. The first kappa shape index (κ1) is 21.5. The highest BCUT2D eigenvalue weighted by atomic mass is 32.1. The Morgan fingerprint density at radius 1 is 0.886 bits per heavy atom. The van der Waals surface area contributed by atoms with E-state index in [0.717, 1.165) is 22.2 Å². The second-order valence-electron chi connectivity index (χ2n) is 8.55. The first-order valence-electron chi connectivity index (χ1n) is 11.4. The van der Waals surface area contributed by atoms with Crippen molar-refractivity contribution < 1.29 is 19.1 Å². The van der Waals surface area contributed by atoms with Crippen molar-refractivity contribution in [3.8, 4) is 0 Å². The summed E-state index contributed by atoms with van der Waals surface area (Å²) >= 11 is 1.38. The topological polar surface area (TPSA) is 79.8 Å². The minimum atomic E-state index is -0.536. The molecular weight excluding hydrogens is 462 g/mol. The van der Waals surface area contributed by atoms with Gasteiger partial charge in [0.25, 0.3) is 11.8 Å². The van der Waals surface area contributed by atoms with Crippen LogP contribution in [0.1, 0.15) is 42.2 Å². The van der Waals surface area contributed by atoms with E-state index >= 15 is 0 Å². The van der Waals surface area contributed by atoms with E-state index in [9.17, 15) is 14.4 Å². The minimum absolute atomic E-state index is 0.0814. The molecule has 4 aromatic rings. The molecule has 0 unspecified atom stereocenters. The number of nitrogens with zero attached hydrogens (tertiary/aromatic N) is 3. The van der Waals surface area contributed by atoms with Crippen LogP contribution in [0.25, 0.3) is 10.2 Å². The number of ether oxygens (including phenoxy) is 1. The molecule has 3 heterocycles. The van der Waals surface area contributed by atoms with E-state index in [1.165, 1.54) is 18.4 Å². The number of hydrogen-bond donors (Lipinski definition) is 0. The van der Waals surface area contributed by atoms with Crippen molar-refractivity contribution in [1.82, 2.24) is 4.98 Å². The van der Waals surface area contributed by atoms with Crippen molar-refractivity contribution in [2.24, 2.45) is 0 Å². The van der Waals surface area contributed by atoms with Gasteiger partial charge in [-0.3, -0.25) is 14.5 Å². The molecule has 7 nitrogen and oxygen atoms in total. The third-order valence-corrected chi connectivity index (χ3v) is 7.66. The fourth-order valence-electron chi connectivity index (χ4n) is 4.83. The summed E-state index contributed by atoms with van der Waals surface area (Å²) in [6.45, 7) is 0.992. The van der Waals surface area contributed by atoms with Gasteiger partial charge in [0.2, 0.25) is 0 Å². The monoisotopic (exact) mass is 483 g/mol. The van der Waals surface area contributed by atoms with E-state index in [-0.39, 0.29) is 17.4 Å². The Kier molecular flexibility index (Phi) is 5.11. The van der Waals surface area contributed by atoms with Crippen molar-refractivity contribution in [3.63, 3.8) is 0 Å². The Hall–Kier alpha value is -4.04. The summed E-state index contributed by atoms with van der Waals surface area (Å²) in [5.41, 5.74) is 4.72. The summed E-state index contributed by atoms with van der Waals surface area (Å²) in [4.78, 5) is 47.2. The molecule has 6 rings (SSSR count). The Labute approximate surface area is 205 Å². The first-order valence-corrected chi connectivity index (χ1v) is 12.2. The average molecular weight is 484 g/mol. The highest BCUT2D eigenvalue weighted by Crippen LogP contribution is 2.37. The third kappa shape index (κ3) is 3.49. The van der Waals surface area contributed by atoms with Crippen LogP contribution in [0.3, 0.4) is 0 Å². The number of carbonyl (C=O) groups is 3. The van der Waals surface area contributed by atoms with Gasteiger partial charge in [0.1, 0.15) is 0 Å². The lowest BCUT2D eigenvalue weighted by molar-refractivity contribution is 0.0601. The van der Waals surface area contributed by atoms with Gasteiger partial charge in [0.05, 0.1) is 28.6 Å². The van der Waals surface area contributed by atoms with Gasteiger partial charge < -0.3 is 9.64 Å². The van der Waals surface area contributed by atoms with Crippen LogP contribution in [0.4, 0.5) is 10.8 Å². The quantitative estimate of drug-likeness (QED) is 0.401. The highest BCUT2D eigenvalue weighted by molar-refractivity contribution is 7.22. The number of thiazole rings is 1. The summed E-state index contributed by atoms with van der Waals surface area (Å²) in [7, 11) is 1.32. The molecule has 0 spiro atoms. The van der Waals surface area contributed by atoms with Gasteiger partial charge in [0.15, 0.2) is 5.13 Å². The van der Waals surface area contributed by atoms with Crippen LogP contribution in [0.15, 0.2) is 60.7 Å². The number of amides is 2. The number of hydrogen-bond acceptors (Lipinski definition) is 6. The standard InChI is InChI=1S/C27H21N3O4S/c1-34-26(33)20-14-21-23(15-22(20)29-12-10-16-6-2-4-8-18(16)24(29)31)35-27(28-21)30-13-11-17-7-3-5-9-19(17)25(30)32/h2-9,14-15H,10-13H2,1H3. The molecule has 0 N–H and O–H groups in total. The molecule has 1 aromatic heterocycles. The maximum absolute atomic E-state index is 13.3. The Morgan fingerprint density at radius 2 is 1.49 bits per heavy atom. The van der Waals surface area contributed by atoms with Crippen LogP contribution in [-0.2, 0) is 17.6 Å². The lowest BCUT2D eigenvalue weighted by Crippen LogP contribution is -2.38. The van der Waals surface area contributed by atoms with Gasteiger partial charge >= 0.3 is 5.97 Å². The summed E-state index contributed by atoms with van der Waals surface area (Å²) in [6, 6.07) is 18.6. The van der Waals surface area contributed by atoms with E-state index in [4.69, 9.17) is 9.72 Å². The van der Waals surface area contributed by atoms with E-state index < -0.39 is 5.97 Å². The van der Waals surface area contributed by atoms with Crippen molar-refractivity contribution >= 4 is 50.2 Å². The lowest BCUT2D eigenvalue weighted by atomic mass is 9.98. The van der Waals surface area contributed by atoms with Crippen molar-refractivity contribution in [1.29, 1.82) is 0 Å². The predicted octanol–water partition coefficient (Wildman–Crippen LogP) is 4.49. The minimum Gasteiger partial charge on any atom is -0.465 e. The molecule has 0 atom stereocenters. The maximum atomic E-state index is 13.3. The SMILES string of the molecule is COC(=O)c1cc2nc(N3CCc4ccccc4C3=O)sc2cc1N1CCc2ccccc2C1=O. The number of benzene rings is 3. The molecule has 0 fully saturated rings. The number of carbonyl (C=O) groups excluding carboxylic acids is 3. The summed E-state index contributed by atoms with van der Waals surface area (Å²) in [5, 5.41) is 0.572. The number of rotatable bonds is 3. The molecule has 3 aromatic carbocycles. The number of aromatic nitrogens is 1. The van der Waals surface area contributed by atoms with E-state index in [2.05, 4.69) is 0 Å². The van der Waals surface area contributed by atoms with Gasteiger partial charge in [-0.05, 0) is 48.2 Å². The van der Waals surface area contributed by atoms with Crippen LogP contribution >= 0.6 is 11.3 Å². The van der Waals surface area contributed by atoms with E-state index in [0.29, 0.717) is 47.0 Å². The van der Waals surface area contributed by atoms with Gasteiger partial charge in [-0.1, -0.05) is 47.7 Å². The smallest absolute Gasteiger partial charge is 0.340 e. The highest BCUT2D eigenvalue weighted by Gasteiger charge is 2.31. The number of fused-ring (bicyclic) bond motifs is 3. The van der Waals surface area contributed by atoms with Crippen LogP contribution in [0, 0.1) is 0 Å². The normalized spacial score (nSPS) is 15.2. The largest absolute Gasteiger partial charge is 0.465 e. The van der Waals surface area contributed by atoms with Crippen molar-refractivity contribution in [3.05, 3.63) is 88.5 Å². The van der Waals surface area contributed by atoms with Gasteiger partial charge in [-0.25, -0.2) is 9.78 Å². The summed E-state index contributed by atoms with van der Waals surface area (Å²) in [6.07, 6.45) is 1.44. The number of esters is 1. The van der Waals surface area contributed by atoms with Crippen LogP contribution in [0.5, 0.6) is 0 Å². The molecule has 0 bridgehead atoms. The zero-order valence-corrected chi connectivity index (χ0v) is 19.8. The summed E-state index contributed by atoms with van der Waals surface area (Å²) < 4.78 is 5.83. The Balaban J connectivity index is 1.43. The first-order chi connectivity index (χ1) is 17.0. The fourth-order valence-corrected chi connectivity index (χ4v) is 5.83. The molecule has 2 aliphatic heterocycles. The fraction of sp³-hybridized carbons (Fsp3) is 0.185. The Morgan fingerprint density at radius 3 is 2.14 bits per heavy atom. The second-order valence-corrected chi connectivity index (χ2v) is 9.56. The van der Waals surface area contributed by atoms with Crippen molar-refractivity contribution in [2.75, 3.05) is 30.0 Å². The van der Waals surface area contributed by atoms with Crippen molar-refractivity contribution in [2.45, 2.75) is 12.8 Å². The molecule has 2 amide bonds. The molecular formula is C27H21N3O4S. The third-order valence-electron chi connectivity index (χ3n) is 6.62. The van der Waals surface area contributed by atoms with E-state index in [1.54, 1.807) is 15.9 Å². The van der Waals surface area contributed by atoms with Gasteiger partial charge in [-0.2, -0.15) is 0 Å². The molecule has 0 radical (unpaired) electrons. The molecule has 8 heteroatoms. The lowest BCUT2D eigenvalue weighted by Gasteiger charge is -2.29. The zero-order chi connectivity index (χ0) is 24.1. The average Bonchev–Trinajstić information content (AvgIpc) is 3.31. The second kappa shape index (κ2) is 8.32. The van der Waals surface area contributed by atoms with Crippen LogP contribution < -0.4 is 9.80 Å². The predicted molar refractivity (Wildman–Crippen MR) is 135 cm³/mol. The van der Waals surface area contributed by atoms with E-state index in [1.807, 2.05) is 54.6 Å². The van der Waals surface area contributed by atoms with Gasteiger partial charge in [0, 0.05) is 24.2 Å². The Bertz CT molecular complexity index is 1530. The van der Waals surface area contributed by atoms with Gasteiger partial charge in [-0.15, -0.1) is 0 Å².